The molecule has 2 rings (SSSR count). The lowest BCUT2D eigenvalue weighted by atomic mass is 9.93. The molecular formula is C16H2F6N4. The monoisotopic (exact) mass is 364 g/mol. The molecule has 0 amide bonds. The molecule has 0 bridgehead atoms. The molecule has 0 aromatic heterocycles. The Morgan fingerprint density at radius 3 is 1.46 bits per heavy atom. The first-order valence-corrected chi connectivity index (χ1v) is 6.48. The topological polar surface area (TPSA) is 75.7 Å². The fourth-order valence-electron chi connectivity index (χ4n) is 2.36. The van der Waals surface area contributed by atoms with Crippen molar-refractivity contribution < 1.29 is 26.3 Å². The second-order valence-electron chi connectivity index (χ2n) is 4.81. The highest BCUT2D eigenvalue weighted by molar-refractivity contribution is 5.87. The van der Waals surface area contributed by atoms with Crippen molar-refractivity contribution in [3.05, 3.63) is 57.4 Å². The number of benzene rings is 2. The van der Waals surface area contributed by atoms with E-state index in [0.717, 1.165) is 18.2 Å². The lowest BCUT2D eigenvalue weighted by Gasteiger charge is -2.14. The Labute approximate surface area is 141 Å². The molecule has 128 valence electrons. The summed E-state index contributed by atoms with van der Waals surface area (Å²) in [6, 6.07) is 1.19. The molecule has 1 unspecified atom stereocenters. The maximum atomic E-state index is 14.4. The van der Waals surface area contributed by atoms with Gasteiger partial charge in [0.15, 0.2) is 35.3 Å². The Morgan fingerprint density at radius 1 is 0.654 bits per heavy atom. The van der Waals surface area contributed by atoms with Crippen LogP contribution in [0.25, 0.3) is 15.6 Å². The molecule has 0 fully saturated rings. The Morgan fingerprint density at radius 2 is 1.08 bits per heavy atom. The molecule has 0 saturated carbocycles. The van der Waals surface area contributed by atoms with Crippen molar-refractivity contribution in [1.82, 2.24) is 0 Å². The van der Waals surface area contributed by atoms with Gasteiger partial charge < -0.3 is 0 Å². The smallest absolute Gasteiger partial charge is 0.292 e. The Balaban J connectivity index is 3.17. The van der Waals surface area contributed by atoms with Crippen molar-refractivity contribution in [1.29, 1.82) is 15.8 Å². The van der Waals surface area contributed by atoms with E-state index >= 15 is 0 Å². The number of rotatable bonds is 2. The van der Waals surface area contributed by atoms with Crippen LogP contribution in [0, 0.1) is 75.5 Å². The summed E-state index contributed by atoms with van der Waals surface area (Å²) >= 11 is 0. The van der Waals surface area contributed by atoms with E-state index in [1.807, 2.05) is 0 Å². The average Bonchev–Trinajstić information content (AvgIpc) is 2.63. The Bertz CT molecular complexity index is 997. The summed E-state index contributed by atoms with van der Waals surface area (Å²) in [5.41, 5.74) is -3.01. The molecule has 0 aliphatic heterocycles. The van der Waals surface area contributed by atoms with Gasteiger partial charge in [-0.15, -0.1) is 0 Å². The van der Waals surface area contributed by atoms with E-state index in [0.29, 0.717) is 0 Å². The zero-order chi connectivity index (χ0) is 19.8. The summed E-state index contributed by atoms with van der Waals surface area (Å²) in [7, 11) is 0. The van der Waals surface area contributed by atoms with Gasteiger partial charge >= 0.3 is 6.04 Å². The van der Waals surface area contributed by atoms with Gasteiger partial charge in [0.25, 0.3) is 0 Å². The number of fused-ring (bicyclic) bond motifs is 1. The molecule has 0 radical (unpaired) electrons. The van der Waals surface area contributed by atoms with Gasteiger partial charge in [0.1, 0.15) is 17.2 Å². The Hall–Kier alpha value is -3.76. The third-order valence-corrected chi connectivity index (χ3v) is 3.53. The molecule has 26 heavy (non-hydrogen) atoms. The molecule has 0 heterocycles. The minimum atomic E-state index is -2.23. The van der Waals surface area contributed by atoms with Gasteiger partial charge in [0, 0.05) is 0 Å². The molecule has 0 N–H and O–H groups in total. The van der Waals surface area contributed by atoms with Crippen LogP contribution in [0.4, 0.5) is 26.3 Å². The van der Waals surface area contributed by atoms with Gasteiger partial charge in [-0.25, -0.2) is 32.9 Å². The zero-order valence-corrected chi connectivity index (χ0v) is 12.2. The second-order valence-corrected chi connectivity index (χ2v) is 4.81. The van der Waals surface area contributed by atoms with Gasteiger partial charge in [-0.3, -0.25) is 4.85 Å². The SMILES string of the molecule is [C-]#[N+]C(C#N)c1c(F)c(F)c2c(F)c(C(C#N)C#N)c(F)c(F)c2c1F. The van der Waals surface area contributed by atoms with Gasteiger partial charge in [-0.2, -0.15) is 15.8 Å². The van der Waals surface area contributed by atoms with E-state index < -0.39 is 68.8 Å². The van der Waals surface area contributed by atoms with E-state index in [1.165, 1.54) is 0 Å². The molecule has 10 heteroatoms. The molecular weight excluding hydrogens is 362 g/mol. The van der Waals surface area contributed by atoms with Crippen LogP contribution in [0.3, 0.4) is 0 Å². The van der Waals surface area contributed by atoms with Crippen LogP contribution in [0.15, 0.2) is 0 Å². The van der Waals surface area contributed by atoms with Crippen LogP contribution in [0.2, 0.25) is 0 Å². The lowest BCUT2D eigenvalue weighted by Crippen LogP contribution is -2.11. The quantitative estimate of drug-likeness (QED) is 0.453. The summed E-state index contributed by atoms with van der Waals surface area (Å²) in [6.07, 6.45) is 0. The average molecular weight is 364 g/mol. The highest BCUT2D eigenvalue weighted by Crippen LogP contribution is 2.39. The molecule has 0 aliphatic carbocycles. The predicted octanol–water partition coefficient (Wildman–Crippen LogP) is 4.29. The van der Waals surface area contributed by atoms with Crippen LogP contribution >= 0.6 is 0 Å². The van der Waals surface area contributed by atoms with E-state index in [-0.39, 0.29) is 0 Å². The van der Waals surface area contributed by atoms with E-state index in [1.54, 1.807) is 0 Å². The van der Waals surface area contributed by atoms with Crippen molar-refractivity contribution in [3.63, 3.8) is 0 Å². The van der Waals surface area contributed by atoms with E-state index in [2.05, 4.69) is 4.85 Å². The standard InChI is InChI=1S/C16H2F6N4/c1-26-6(4-25)8-12(18)10-9(16(22)14(8)20)11(17)7(5(2-23)3-24)13(19)15(10)21/h5-6H. The first kappa shape index (κ1) is 18.6. The first-order chi connectivity index (χ1) is 12.3. The number of hydrogen-bond acceptors (Lipinski definition) is 3. The molecule has 1 atom stereocenters. The van der Waals surface area contributed by atoms with Crippen molar-refractivity contribution in [3.8, 4) is 18.2 Å². The lowest BCUT2D eigenvalue weighted by molar-refractivity contribution is 0.465. The fourth-order valence-corrected chi connectivity index (χ4v) is 2.36. The number of halogens is 6. The van der Waals surface area contributed by atoms with Crippen LogP contribution in [-0.2, 0) is 0 Å². The zero-order valence-electron chi connectivity index (χ0n) is 12.2. The van der Waals surface area contributed by atoms with Crippen LogP contribution in [-0.4, -0.2) is 0 Å². The van der Waals surface area contributed by atoms with Crippen LogP contribution in [0.5, 0.6) is 0 Å². The molecule has 0 spiro atoms. The maximum Gasteiger partial charge on any atom is 0.338 e. The van der Waals surface area contributed by atoms with Crippen molar-refractivity contribution >= 4 is 10.8 Å². The van der Waals surface area contributed by atoms with Gasteiger partial charge in [0.2, 0.25) is 0 Å². The largest absolute Gasteiger partial charge is 0.338 e. The number of nitriles is 3. The minimum absolute atomic E-state index is 1.14. The summed E-state index contributed by atoms with van der Waals surface area (Å²) in [6.45, 7) is 6.68. The van der Waals surface area contributed by atoms with Crippen molar-refractivity contribution in [2.24, 2.45) is 0 Å². The minimum Gasteiger partial charge on any atom is -0.292 e. The summed E-state index contributed by atoms with van der Waals surface area (Å²) in [5, 5.41) is 22.8. The highest BCUT2D eigenvalue weighted by Gasteiger charge is 2.36. The fraction of sp³-hybridized carbons (Fsp3) is 0.125. The molecule has 4 nitrogen and oxygen atoms in total. The van der Waals surface area contributed by atoms with Gasteiger partial charge in [-0.1, -0.05) is 0 Å². The van der Waals surface area contributed by atoms with E-state index in [9.17, 15) is 26.3 Å². The number of hydrogen-bond donors (Lipinski definition) is 0. The van der Waals surface area contributed by atoms with Crippen LogP contribution in [0.1, 0.15) is 23.1 Å². The van der Waals surface area contributed by atoms with E-state index in [4.69, 9.17) is 22.4 Å². The molecule has 2 aromatic rings. The summed E-state index contributed by atoms with van der Waals surface area (Å²) < 4.78 is 85.6. The Kier molecular flexibility index (Phi) is 4.73. The van der Waals surface area contributed by atoms with Crippen molar-refractivity contribution in [2.75, 3.05) is 0 Å². The first-order valence-electron chi connectivity index (χ1n) is 6.48. The molecule has 0 saturated heterocycles. The molecule has 0 aliphatic rings. The van der Waals surface area contributed by atoms with Gasteiger partial charge in [-0.05, 0) is 0 Å². The number of nitrogens with zero attached hydrogens (tertiary/aromatic N) is 4. The normalized spacial score (nSPS) is 11.5. The predicted molar refractivity (Wildman–Crippen MR) is 72.6 cm³/mol. The van der Waals surface area contributed by atoms with Gasteiger partial charge in [0.05, 0.1) is 28.5 Å². The second kappa shape index (κ2) is 6.63. The maximum absolute atomic E-state index is 14.4. The van der Waals surface area contributed by atoms with Crippen LogP contribution < -0.4 is 0 Å². The highest BCUT2D eigenvalue weighted by atomic mass is 19.2. The summed E-state index contributed by atoms with van der Waals surface area (Å²) in [4.78, 5) is 2.54. The third-order valence-electron chi connectivity index (χ3n) is 3.53. The van der Waals surface area contributed by atoms with Crippen molar-refractivity contribution in [2.45, 2.75) is 12.0 Å². The third kappa shape index (κ3) is 2.37. The molecule has 2 aromatic carbocycles. The summed E-state index contributed by atoms with van der Waals surface area (Å²) in [5.74, 6) is -14.9.